The Balaban J connectivity index is 1.72. The lowest BCUT2D eigenvalue weighted by molar-refractivity contribution is -0.124. The van der Waals surface area contributed by atoms with Gasteiger partial charge in [0.15, 0.2) is 16.0 Å². The van der Waals surface area contributed by atoms with E-state index in [1.165, 1.54) is 10.8 Å². The summed E-state index contributed by atoms with van der Waals surface area (Å²) in [4.78, 5) is 22.9. The van der Waals surface area contributed by atoms with Gasteiger partial charge in [0, 0.05) is 24.6 Å². The van der Waals surface area contributed by atoms with E-state index < -0.39 is 16.9 Å². The molecule has 1 aliphatic heterocycles. The van der Waals surface area contributed by atoms with Crippen LogP contribution in [0.2, 0.25) is 0 Å². The number of amides is 1. The number of Topliss-reactive ketones (excluding diaryl/α,β-unsaturated/α-hetero) is 1. The topological polar surface area (TPSA) is 81.1 Å². The first kappa shape index (κ1) is 12.3. The lowest BCUT2D eigenvalue weighted by Gasteiger charge is -2.23. The van der Waals surface area contributed by atoms with Crippen LogP contribution in [-0.4, -0.2) is 25.7 Å². The zero-order valence-corrected chi connectivity index (χ0v) is 11.0. The zero-order valence-electron chi connectivity index (χ0n) is 10.2. The van der Waals surface area contributed by atoms with E-state index in [0.29, 0.717) is 11.4 Å². The summed E-state index contributed by atoms with van der Waals surface area (Å²) in [6.45, 7) is 0. The Bertz CT molecular complexity index is 601. The van der Waals surface area contributed by atoms with E-state index in [0.717, 1.165) is 24.8 Å². The van der Waals surface area contributed by atoms with Crippen LogP contribution in [-0.2, 0) is 27.0 Å². The highest BCUT2D eigenvalue weighted by molar-refractivity contribution is 7.93. The Morgan fingerprint density at radius 3 is 2.89 bits per heavy atom. The van der Waals surface area contributed by atoms with Crippen molar-refractivity contribution in [2.75, 3.05) is 0 Å². The summed E-state index contributed by atoms with van der Waals surface area (Å²) in [5, 5.41) is 4.35. The molecule has 0 aromatic carbocycles. The van der Waals surface area contributed by atoms with Crippen molar-refractivity contribution in [3.63, 3.8) is 0 Å². The number of hydrogen-bond acceptors (Lipinski definition) is 4. The molecule has 3 rings (SSSR count). The van der Waals surface area contributed by atoms with Crippen molar-refractivity contribution in [1.29, 1.82) is 0 Å². The minimum atomic E-state index is -1.56. The summed E-state index contributed by atoms with van der Waals surface area (Å²) in [5.74, 6) is 0.0453. The molecule has 1 N–H and O–H groups in total. The number of nitrogens with one attached hydrogen (secondary N) is 1. The average molecular weight is 279 g/mol. The normalized spacial score (nSPS) is 22.8. The number of aromatic nitrogens is 2. The van der Waals surface area contributed by atoms with Gasteiger partial charge in [-0.2, -0.15) is 5.10 Å². The van der Waals surface area contributed by atoms with Gasteiger partial charge in [0.05, 0.1) is 6.20 Å². The largest absolute Gasteiger partial charge is 0.299 e. The van der Waals surface area contributed by atoms with Crippen molar-refractivity contribution in [3.8, 4) is 0 Å². The first-order chi connectivity index (χ1) is 9.13. The number of rotatable bonds is 4. The molecule has 2 heterocycles. The number of nitrogens with zero attached hydrogens (tertiary/aromatic N) is 2. The van der Waals surface area contributed by atoms with Crippen LogP contribution in [0.25, 0.3) is 5.03 Å². The molecule has 0 bridgehead atoms. The summed E-state index contributed by atoms with van der Waals surface area (Å²) < 4.78 is 15.2. The second-order valence-electron chi connectivity index (χ2n) is 4.78. The molecule has 0 saturated heterocycles. The van der Waals surface area contributed by atoms with Gasteiger partial charge in [-0.1, -0.05) is 6.42 Å². The van der Waals surface area contributed by atoms with E-state index in [2.05, 4.69) is 9.82 Å². The lowest BCUT2D eigenvalue weighted by Crippen LogP contribution is -2.23. The molecule has 100 valence electrons. The Kier molecular flexibility index (Phi) is 3.06. The second-order valence-corrected chi connectivity index (χ2v) is 5.94. The molecular formula is C12H13N3O3S. The highest BCUT2D eigenvalue weighted by Gasteiger charge is 2.26. The maximum atomic E-state index is 11.9. The molecule has 19 heavy (non-hydrogen) atoms. The molecule has 7 heteroatoms. The Morgan fingerprint density at radius 1 is 1.53 bits per heavy atom. The molecule has 1 aromatic rings. The summed E-state index contributed by atoms with van der Waals surface area (Å²) >= 11 is 0. The van der Waals surface area contributed by atoms with Gasteiger partial charge < -0.3 is 0 Å². The molecule has 1 amide bonds. The SMILES string of the molecule is O=C1C=C(n2cc(CC(=O)C3CCC3)cn2)S(=O)N1. The Hall–Kier alpha value is -1.76. The summed E-state index contributed by atoms with van der Waals surface area (Å²) in [6.07, 6.45) is 7.95. The van der Waals surface area contributed by atoms with Crippen LogP contribution in [0, 0.1) is 5.92 Å². The highest BCUT2D eigenvalue weighted by atomic mass is 32.2. The van der Waals surface area contributed by atoms with Crippen molar-refractivity contribution < 1.29 is 13.8 Å². The van der Waals surface area contributed by atoms with Crippen LogP contribution in [0.4, 0.5) is 0 Å². The van der Waals surface area contributed by atoms with Crippen LogP contribution in [0.15, 0.2) is 18.5 Å². The van der Waals surface area contributed by atoms with Gasteiger partial charge in [0.1, 0.15) is 5.78 Å². The van der Waals surface area contributed by atoms with Crippen LogP contribution in [0.5, 0.6) is 0 Å². The minimum Gasteiger partial charge on any atom is -0.299 e. The Morgan fingerprint density at radius 2 is 2.32 bits per heavy atom. The number of carbonyl (C=O) groups is 2. The van der Waals surface area contributed by atoms with Crippen LogP contribution in [0.3, 0.4) is 0 Å². The van der Waals surface area contributed by atoms with Crippen molar-refractivity contribution in [2.24, 2.45) is 5.92 Å². The molecule has 6 nitrogen and oxygen atoms in total. The maximum absolute atomic E-state index is 11.9. The van der Waals surface area contributed by atoms with Gasteiger partial charge in [0.2, 0.25) is 0 Å². The molecule has 1 fully saturated rings. The van der Waals surface area contributed by atoms with Crippen LogP contribution >= 0.6 is 0 Å². The first-order valence-corrected chi connectivity index (χ1v) is 7.29. The van der Waals surface area contributed by atoms with Gasteiger partial charge in [-0.15, -0.1) is 0 Å². The predicted molar refractivity (Wildman–Crippen MR) is 68.8 cm³/mol. The van der Waals surface area contributed by atoms with Gasteiger partial charge in [-0.3, -0.25) is 14.3 Å². The lowest BCUT2D eigenvalue weighted by atomic mass is 9.80. The molecule has 1 aromatic heterocycles. The monoisotopic (exact) mass is 279 g/mol. The predicted octanol–water partition coefficient (Wildman–Crippen LogP) is 0.387. The third kappa shape index (κ3) is 2.37. The number of hydrogen-bond donors (Lipinski definition) is 1. The number of ketones is 1. The van der Waals surface area contributed by atoms with Gasteiger partial charge in [-0.05, 0) is 18.4 Å². The van der Waals surface area contributed by atoms with E-state index in [9.17, 15) is 13.8 Å². The summed E-state index contributed by atoms with van der Waals surface area (Å²) in [5.41, 5.74) is 0.786. The van der Waals surface area contributed by atoms with E-state index >= 15 is 0 Å². The van der Waals surface area contributed by atoms with Gasteiger partial charge in [-0.25, -0.2) is 8.89 Å². The molecule has 1 aliphatic carbocycles. The molecule has 0 radical (unpaired) electrons. The second kappa shape index (κ2) is 4.73. The fourth-order valence-corrected chi connectivity index (χ4v) is 2.97. The maximum Gasteiger partial charge on any atom is 0.258 e. The fraction of sp³-hybridized carbons (Fsp3) is 0.417. The number of carbonyl (C=O) groups excluding carboxylic acids is 2. The van der Waals surface area contributed by atoms with E-state index in [1.807, 2.05) is 0 Å². The van der Waals surface area contributed by atoms with E-state index in [4.69, 9.17) is 0 Å². The quantitative estimate of drug-likeness (QED) is 0.864. The third-order valence-corrected chi connectivity index (χ3v) is 4.51. The Labute approximate surface area is 112 Å². The molecule has 1 atom stereocenters. The summed E-state index contributed by atoms with van der Waals surface area (Å²) in [7, 11) is -1.56. The molecule has 1 saturated carbocycles. The van der Waals surface area contributed by atoms with Gasteiger partial charge >= 0.3 is 0 Å². The van der Waals surface area contributed by atoms with Crippen molar-refractivity contribution >= 4 is 27.7 Å². The fourth-order valence-electron chi connectivity index (χ4n) is 2.14. The van der Waals surface area contributed by atoms with Crippen LogP contribution in [0.1, 0.15) is 24.8 Å². The van der Waals surface area contributed by atoms with Crippen LogP contribution < -0.4 is 4.72 Å². The molecular weight excluding hydrogens is 266 g/mol. The molecule has 1 unspecified atom stereocenters. The van der Waals surface area contributed by atoms with E-state index in [1.54, 1.807) is 12.4 Å². The average Bonchev–Trinajstić information content (AvgIpc) is 2.82. The van der Waals surface area contributed by atoms with Gasteiger partial charge in [0.25, 0.3) is 5.91 Å². The highest BCUT2D eigenvalue weighted by Crippen LogP contribution is 2.28. The molecule has 2 aliphatic rings. The van der Waals surface area contributed by atoms with Crippen molar-refractivity contribution in [3.05, 3.63) is 24.0 Å². The third-order valence-electron chi connectivity index (χ3n) is 3.44. The van der Waals surface area contributed by atoms with Crippen molar-refractivity contribution in [1.82, 2.24) is 14.5 Å². The molecule has 0 spiro atoms. The van der Waals surface area contributed by atoms with Crippen molar-refractivity contribution in [2.45, 2.75) is 25.7 Å². The van der Waals surface area contributed by atoms with E-state index in [-0.39, 0.29) is 11.7 Å². The summed E-state index contributed by atoms with van der Waals surface area (Å²) in [6, 6.07) is 0. The zero-order chi connectivity index (χ0) is 13.4. The smallest absolute Gasteiger partial charge is 0.258 e. The standard InChI is InChI=1S/C12H13N3O3S/c16-10(9-2-1-3-9)4-8-6-13-15(7-8)12-5-11(17)14-19(12)18/h5-7,9H,1-4H2,(H,14,17). The minimum absolute atomic E-state index is 0.200. The first-order valence-electron chi connectivity index (χ1n) is 6.14.